The summed E-state index contributed by atoms with van der Waals surface area (Å²) in [5.41, 5.74) is 3.39. The lowest BCUT2D eigenvalue weighted by atomic mass is 10.1. The molecular formula is C32H28N4O8. The van der Waals surface area contributed by atoms with Crippen molar-refractivity contribution in [3.05, 3.63) is 140 Å². The number of anilines is 2. The summed E-state index contributed by atoms with van der Waals surface area (Å²) in [6.07, 6.45) is 0. The minimum Gasteiger partial charge on any atom is -0.487 e. The Morgan fingerprint density at radius 3 is 1.36 bits per heavy atom. The Morgan fingerprint density at radius 2 is 1.02 bits per heavy atom. The second kappa shape index (κ2) is 13.7. The van der Waals surface area contributed by atoms with Gasteiger partial charge in [0.1, 0.15) is 24.7 Å². The number of amides is 2. The third-order valence-corrected chi connectivity index (χ3v) is 6.31. The van der Waals surface area contributed by atoms with Gasteiger partial charge in [-0.25, -0.2) is 0 Å². The zero-order valence-corrected chi connectivity index (χ0v) is 23.9. The first-order valence-electron chi connectivity index (χ1n) is 13.3. The van der Waals surface area contributed by atoms with E-state index in [9.17, 15) is 29.8 Å². The highest BCUT2D eigenvalue weighted by molar-refractivity contribution is 6.05. The number of aryl methyl sites for hydroxylation is 2. The average Bonchev–Trinajstić information content (AvgIpc) is 3.00. The molecule has 12 nitrogen and oxygen atoms in total. The first-order valence-corrected chi connectivity index (χ1v) is 13.3. The number of ether oxygens (including phenoxy) is 2. The molecule has 0 atom stereocenters. The van der Waals surface area contributed by atoms with E-state index < -0.39 is 21.7 Å². The van der Waals surface area contributed by atoms with Crippen molar-refractivity contribution in [3.63, 3.8) is 0 Å². The third kappa shape index (κ3) is 8.03. The number of carbonyl (C=O) groups excluding carboxylic acids is 2. The summed E-state index contributed by atoms with van der Waals surface area (Å²) in [5, 5.41) is 27.4. The topological polar surface area (TPSA) is 163 Å². The molecule has 0 heterocycles. The van der Waals surface area contributed by atoms with Gasteiger partial charge in [-0.2, -0.15) is 0 Å². The lowest BCUT2D eigenvalue weighted by Gasteiger charge is -2.16. The van der Waals surface area contributed by atoms with Gasteiger partial charge in [0.05, 0.1) is 21.2 Å². The highest BCUT2D eigenvalue weighted by Gasteiger charge is 2.15. The normalized spacial score (nSPS) is 10.4. The Morgan fingerprint density at radius 1 is 0.659 bits per heavy atom. The second-order valence-corrected chi connectivity index (χ2v) is 9.84. The van der Waals surface area contributed by atoms with Crippen LogP contribution in [0.4, 0.5) is 22.7 Å². The summed E-state index contributed by atoms with van der Waals surface area (Å²) < 4.78 is 11.9. The number of nitrogens with one attached hydrogen (secondary N) is 2. The Bertz CT molecular complexity index is 1610. The Hall–Kier alpha value is -6.04. The van der Waals surface area contributed by atoms with Crippen LogP contribution in [-0.2, 0) is 0 Å². The number of nitro groups is 2. The summed E-state index contributed by atoms with van der Waals surface area (Å²) in [7, 11) is 0. The number of rotatable bonds is 12. The highest BCUT2D eigenvalue weighted by Crippen LogP contribution is 2.29. The molecule has 44 heavy (non-hydrogen) atoms. The van der Waals surface area contributed by atoms with Crippen molar-refractivity contribution in [2.24, 2.45) is 0 Å². The molecule has 0 aliphatic rings. The minimum atomic E-state index is -0.539. The molecule has 4 rings (SSSR count). The van der Waals surface area contributed by atoms with E-state index in [-0.39, 0.29) is 35.7 Å². The number of non-ortho nitro benzene ring substituents is 2. The molecule has 0 unspecified atom stereocenters. The van der Waals surface area contributed by atoms with Gasteiger partial charge in [0.15, 0.2) is 0 Å². The molecule has 2 N–H and O–H groups in total. The van der Waals surface area contributed by atoms with Crippen molar-refractivity contribution in [1.82, 2.24) is 0 Å². The molecule has 0 saturated heterocycles. The van der Waals surface area contributed by atoms with Crippen LogP contribution in [-0.4, -0.2) is 34.9 Å². The van der Waals surface area contributed by atoms with Crippen molar-refractivity contribution in [1.29, 1.82) is 0 Å². The van der Waals surface area contributed by atoms with Gasteiger partial charge < -0.3 is 20.1 Å². The van der Waals surface area contributed by atoms with Crippen molar-refractivity contribution in [2.45, 2.75) is 13.8 Å². The molecule has 0 bridgehead atoms. The molecule has 4 aromatic rings. The molecule has 224 valence electrons. The third-order valence-electron chi connectivity index (χ3n) is 6.31. The molecule has 0 aliphatic carbocycles. The van der Waals surface area contributed by atoms with E-state index >= 15 is 0 Å². The van der Waals surface area contributed by atoms with E-state index in [2.05, 4.69) is 17.2 Å². The molecular weight excluding hydrogens is 568 g/mol. The van der Waals surface area contributed by atoms with Gasteiger partial charge in [0.25, 0.3) is 23.2 Å². The van der Waals surface area contributed by atoms with Gasteiger partial charge in [-0.15, -0.1) is 0 Å². The van der Waals surface area contributed by atoms with Crippen molar-refractivity contribution in [2.75, 3.05) is 23.8 Å². The predicted octanol–water partition coefficient (Wildman–Crippen LogP) is 6.64. The molecule has 0 aliphatic heterocycles. The number of benzene rings is 4. The summed E-state index contributed by atoms with van der Waals surface area (Å²) in [5.74, 6) is -0.142. The van der Waals surface area contributed by atoms with Crippen LogP contribution in [0.2, 0.25) is 0 Å². The van der Waals surface area contributed by atoms with Crippen LogP contribution in [0, 0.1) is 34.1 Å². The van der Waals surface area contributed by atoms with Crippen LogP contribution in [0.3, 0.4) is 0 Å². The SMILES string of the molecule is C=C(COc1ccc(C)cc1NC(=O)c1ccc([N+](=O)[O-])cc1)COc1ccc(C)cc1NC(=O)c1ccc([N+](=O)[O-])cc1. The zero-order chi connectivity index (χ0) is 31.8. The van der Waals surface area contributed by atoms with Crippen molar-refractivity contribution in [3.8, 4) is 11.5 Å². The number of nitrogens with zero attached hydrogens (tertiary/aromatic N) is 2. The van der Waals surface area contributed by atoms with Gasteiger partial charge in [-0.05, 0) is 79.1 Å². The lowest BCUT2D eigenvalue weighted by Crippen LogP contribution is -2.15. The Labute approximate surface area is 252 Å². The minimum absolute atomic E-state index is 0.0554. The standard InChI is InChI=1S/C32H28N4O8/c1-20-4-14-29(27(16-20)33-31(37)23-6-10-25(11-7-23)35(39)40)43-18-22(3)19-44-30-15-5-21(2)17-28(30)34-32(38)24-8-12-26(13-9-24)36(41)42/h4-17H,3,18-19H2,1-2H3,(H,33,37)(H,34,38). The van der Waals surface area contributed by atoms with Gasteiger partial charge in [0.2, 0.25) is 0 Å². The number of hydrogen-bond donors (Lipinski definition) is 2. The van der Waals surface area contributed by atoms with E-state index in [1.54, 1.807) is 24.3 Å². The second-order valence-electron chi connectivity index (χ2n) is 9.84. The maximum atomic E-state index is 12.8. The summed E-state index contributed by atoms with van der Waals surface area (Å²) in [6, 6.07) is 21.1. The highest BCUT2D eigenvalue weighted by atomic mass is 16.6. The van der Waals surface area contributed by atoms with Gasteiger partial charge >= 0.3 is 0 Å². The fourth-order valence-corrected chi connectivity index (χ4v) is 3.99. The molecule has 0 fully saturated rings. The van der Waals surface area contributed by atoms with Crippen LogP contribution < -0.4 is 20.1 Å². The zero-order valence-electron chi connectivity index (χ0n) is 23.9. The van der Waals surface area contributed by atoms with Crippen LogP contribution in [0.15, 0.2) is 97.1 Å². The average molecular weight is 597 g/mol. The van der Waals surface area contributed by atoms with Crippen LogP contribution in [0.1, 0.15) is 31.8 Å². The van der Waals surface area contributed by atoms with E-state index in [1.165, 1.54) is 48.5 Å². The lowest BCUT2D eigenvalue weighted by molar-refractivity contribution is -0.385. The van der Waals surface area contributed by atoms with E-state index in [1.807, 2.05) is 26.0 Å². The molecule has 2 amide bonds. The van der Waals surface area contributed by atoms with E-state index in [4.69, 9.17) is 9.47 Å². The number of hydrogen-bond acceptors (Lipinski definition) is 8. The van der Waals surface area contributed by atoms with Crippen LogP contribution >= 0.6 is 0 Å². The van der Waals surface area contributed by atoms with E-state index in [0.29, 0.717) is 28.4 Å². The maximum absolute atomic E-state index is 12.8. The van der Waals surface area contributed by atoms with Gasteiger partial charge in [-0.1, -0.05) is 18.7 Å². The molecule has 0 saturated carbocycles. The van der Waals surface area contributed by atoms with Gasteiger partial charge in [0, 0.05) is 35.4 Å². The fourth-order valence-electron chi connectivity index (χ4n) is 3.99. The van der Waals surface area contributed by atoms with Crippen LogP contribution in [0.25, 0.3) is 0 Å². The van der Waals surface area contributed by atoms with Gasteiger partial charge in [-0.3, -0.25) is 29.8 Å². The smallest absolute Gasteiger partial charge is 0.269 e. The molecule has 4 aromatic carbocycles. The van der Waals surface area contributed by atoms with Crippen molar-refractivity contribution >= 4 is 34.6 Å². The number of carbonyl (C=O) groups is 2. The Balaban J connectivity index is 1.37. The first kappa shape index (κ1) is 30.9. The molecule has 0 aromatic heterocycles. The summed E-state index contributed by atoms with van der Waals surface area (Å²) >= 11 is 0. The molecule has 0 spiro atoms. The monoisotopic (exact) mass is 596 g/mol. The van der Waals surface area contributed by atoms with Crippen LogP contribution in [0.5, 0.6) is 11.5 Å². The maximum Gasteiger partial charge on any atom is 0.269 e. The summed E-state index contributed by atoms with van der Waals surface area (Å²) in [4.78, 5) is 46.3. The Kier molecular flexibility index (Phi) is 9.66. The fraction of sp³-hybridized carbons (Fsp3) is 0.125. The summed E-state index contributed by atoms with van der Waals surface area (Å²) in [6.45, 7) is 7.83. The molecule has 12 heteroatoms. The van der Waals surface area contributed by atoms with Crippen molar-refractivity contribution < 1.29 is 28.9 Å². The first-order chi connectivity index (χ1) is 21.0. The molecule has 0 radical (unpaired) electrons. The van der Waals surface area contributed by atoms with E-state index in [0.717, 1.165) is 11.1 Å². The largest absolute Gasteiger partial charge is 0.487 e. The predicted molar refractivity (Wildman–Crippen MR) is 165 cm³/mol. The number of nitro benzene ring substituents is 2. The quantitative estimate of drug-likeness (QED) is 0.104.